The average Bonchev–Trinajstić information content (AvgIpc) is 2.37. The maximum atomic E-state index is 12.2. The molecule has 0 atom stereocenters. The third kappa shape index (κ3) is 8.01. The molecule has 0 saturated carbocycles. The third-order valence-corrected chi connectivity index (χ3v) is 3.18. The Morgan fingerprint density at radius 3 is 2.14 bits per heavy atom. The molecule has 0 aromatic heterocycles. The Labute approximate surface area is 122 Å². The van der Waals surface area contributed by atoms with Gasteiger partial charge in [0.1, 0.15) is 5.78 Å². The van der Waals surface area contributed by atoms with Gasteiger partial charge in [0.05, 0.1) is 26.1 Å². The van der Waals surface area contributed by atoms with E-state index >= 15 is 0 Å². The van der Waals surface area contributed by atoms with Crippen molar-refractivity contribution < 1.29 is 27.5 Å². The molecular weight excluding hydrogens is 289 g/mol. The largest absolute Gasteiger partial charge is 0.466 e. The predicted molar refractivity (Wildman–Crippen MR) is 69.8 cm³/mol. The van der Waals surface area contributed by atoms with Crippen LogP contribution in [0.25, 0.3) is 0 Å². The van der Waals surface area contributed by atoms with Crippen LogP contribution in [0.2, 0.25) is 0 Å². The molecule has 0 spiro atoms. The smallest absolute Gasteiger partial charge is 0.401 e. The number of carbonyl (C=O) groups is 2. The molecule has 1 rings (SSSR count). The molecule has 0 bridgehead atoms. The summed E-state index contributed by atoms with van der Waals surface area (Å²) in [5, 5.41) is 0. The molecule has 1 aliphatic rings. The van der Waals surface area contributed by atoms with Crippen LogP contribution in [0.1, 0.15) is 19.8 Å². The van der Waals surface area contributed by atoms with Gasteiger partial charge >= 0.3 is 12.1 Å². The molecule has 0 N–H and O–H groups in total. The van der Waals surface area contributed by atoms with E-state index in [1.807, 2.05) is 4.90 Å². The monoisotopic (exact) mass is 310 g/mol. The molecule has 0 aromatic carbocycles. The first-order valence-electron chi connectivity index (χ1n) is 6.99. The highest BCUT2D eigenvalue weighted by molar-refractivity contribution is 5.84. The van der Waals surface area contributed by atoms with Gasteiger partial charge in [0.25, 0.3) is 0 Å². The van der Waals surface area contributed by atoms with E-state index in [0.29, 0.717) is 26.2 Å². The van der Waals surface area contributed by atoms with Crippen LogP contribution in [-0.2, 0) is 14.3 Å². The lowest BCUT2D eigenvalue weighted by Gasteiger charge is -2.34. The third-order valence-electron chi connectivity index (χ3n) is 3.18. The topological polar surface area (TPSA) is 49.9 Å². The highest BCUT2D eigenvalue weighted by atomic mass is 19.4. The van der Waals surface area contributed by atoms with Gasteiger partial charge < -0.3 is 4.74 Å². The molecule has 1 fully saturated rings. The van der Waals surface area contributed by atoms with E-state index in [4.69, 9.17) is 4.74 Å². The zero-order valence-electron chi connectivity index (χ0n) is 12.1. The Morgan fingerprint density at radius 1 is 1.05 bits per heavy atom. The number of rotatable bonds is 7. The van der Waals surface area contributed by atoms with E-state index < -0.39 is 18.7 Å². The fourth-order valence-corrected chi connectivity index (χ4v) is 2.16. The van der Waals surface area contributed by atoms with Crippen LogP contribution in [0.3, 0.4) is 0 Å². The number of esters is 1. The summed E-state index contributed by atoms with van der Waals surface area (Å²) >= 11 is 0. The molecule has 5 nitrogen and oxygen atoms in total. The predicted octanol–water partition coefficient (Wildman–Crippen LogP) is 1.08. The summed E-state index contributed by atoms with van der Waals surface area (Å²) in [6, 6.07) is 0. The van der Waals surface area contributed by atoms with E-state index in [1.165, 1.54) is 4.90 Å². The number of alkyl halides is 3. The van der Waals surface area contributed by atoms with Crippen LogP contribution in [0, 0.1) is 0 Å². The maximum absolute atomic E-state index is 12.2. The van der Waals surface area contributed by atoms with Crippen molar-refractivity contribution >= 4 is 11.8 Å². The number of ketones is 1. The van der Waals surface area contributed by atoms with Gasteiger partial charge in [0.2, 0.25) is 0 Å². The van der Waals surface area contributed by atoms with E-state index in [0.717, 1.165) is 0 Å². The summed E-state index contributed by atoms with van der Waals surface area (Å²) in [6.07, 6.45) is -4.01. The standard InChI is InChI=1S/C13H21F3N2O3/c1-2-21-12(20)4-3-11(19)9-17-5-7-18(8-6-17)10-13(14,15)16/h2-10H2,1H3. The second kappa shape index (κ2) is 8.33. The van der Waals surface area contributed by atoms with Gasteiger partial charge in [-0.3, -0.25) is 19.4 Å². The number of halogens is 3. The van der Waals surface area contributed by atoms with Crippen molar-refractivity contribution in [2.45, 2.75) is 25.9 Å². The second-order valence-corrected chi connectivity index (χ2v) is 5.01. The fourth-order valence-electron chi connectivity index (χ4n) is 2.16. The van der Waals surface area contributed by atoms with Gasteiger partial charge in [-0.2, -0.15) is 13.2 Å². The van der Waals surface area contributed by atoms with Crippen LogP contribution in [0.15, 0.2) is 0 Å². The number of ether oxygens (including phenoxy) is 1. The first-order chi connectivity index (χ1) is 9.80. The molecule has 0 amide bonds. The number of nitrogens with zero attached hydrogens (tertiary/aromatic N) is 2. The minimum Gasteiger partial charge on any atom is -0.466 e. The van der Waals surface area contributed by atoms with Crippen LogP contribution >= 0.6 is 0 Å². The second-order valence-electron chi connectivity index (χ2n) is 5.01. The molecule has 0 radical (unpaired) electrons. The van der Waals surface area contributed by atoms with E-state index in [1.54, 1.807) is 6.92 Å². The van der Waals surface area contributed by atoms with Crippen molar-refractivity contribution in [3.63, 3.8) is 0 Å². The SMILES string of the molecule is CCOC(=O)CCC(=O)CN1CCN(CC(F)(F)F)CC1. The number of hydrogen-bond acceptors (Lipinski definition) is 5. The molecule has 0 unspecified atom stereocenters. The Kier molecular flexibility index (Phi) is 7.10. The van der Waals surface area contributed by atoms with E-state index in [2.05, 4.69) is 0 Å². The van der Waals surface area contributed by atoms with Crippen LogP contribution in [0.4, 0.5) is 13.2 Å². The maximum Gasteiger partial charge on any atom is 0.401 e. The molecule has 0 aromatic rings. The van der Waals surface area contributed by atoms with Gasteiger partial charge in [-0.25, -0.2) is 0 Å². The van der Waals surface area contributed by atoms with Crippen molar-refractivity contribution in [1.29, 1.82) is 0 Å². The van der Waals surface area contributed by atoms with E-state index in [9.17, 15) is 22.8 Å². The lowest BCUT2D eigenvalue weighted by atomic mass is 10.2. The Balaban J connectivity index is 2.20. The van der Waals surface area contributed by atoms with Gasteiger partial charge in [0.15, 0.2) is 0 Å². The molecule has 0 aliphatic carbocycles. The highest BCUT2D eigenvalue weighted by Gasteiger charge is 2.32. The van der Waals surface area contributed by atoms with E-state index in [-0.39, 0.29) is 31.8 Å². The molecular formula is C13H21F3N2O3. The van der Waals surface area contributed by atoms with Gasteiger partial charge in [0, 0.05) is 32.6 Å². The van der Waals surface area contributed by atoms with Crippen molar-refractivity contribution in [3.05, 3.63) is 0 Å². The first-order valence-corrected chi connectivity index (χ1v) is 6.99. The highest BCUT2D eigenvalue weighted by Crippen LogP contribution is 2.17. The zero-order chi connectivity index (χ0) is 15.9. The normalized spacial score (nSPS) is 17.7. The van der Waals surface area contributed by atoms with Gasteiger partial charge in [-0.05, 0) is 6.92 Å². The lowest BCUT2D eigenvalue weighted by Crippen LogP contribution is -2.50. The molecule has 1 heterocycles. The van der Waals surface area contributed by atoms with Crippen molar-refractivity contribution in [3.8, 4) is 0 Å². The quantitative estimate of drug-likeness (QED) is 0.659. The average molecular weight is 310 g/mol. The summed E-state index contributed by atoms with van der Waals surface area (Å²) in [5.41, 5.74) is 0. The van der Waals surface area contributed by atoms with Crippen LogP contribution < -0.4 is 0 Å². The molecule has 1 aliphatic heterocycles. The summed E-state index contributed by atoms with van der Waals surface area (Å²) in [7, 11) is 0. The minimum atomic E-state index is -4.18. The Hall–Kier alpha value is -1.15. The fraction of sp³-hybridized carbons (Fsp3) is 0.846. The minimum absolute atomic E-state index is 0.0563. The summed E-state index contributed by atoms with van der Waals surface area (Å²) in [6.45, 7) is 2.71. The summed E-state index contributed by atoms with van der Waals surface area (Å²) in [4.78, 5) is 26.0. The van der Waals surface area contributed by atoms with Crippen LogP contribution in [-0.4, -0.2) is 73.6 Å². The first kappa shape index (κ1) is 17.9. The molecule has 21 heavy (non-hydrogen) atoms. The summed E-state index contributed by atoms with van der Waals surface area (Å²) in [5.74, 6) is -0.492. The lowest BCUT2D eigenvalue weighted by molar-refractivity contribution is -0.149. The van der Waals surface area contributed by atoms with Crippen molar-refractivity contribution in [2.75, 3.05) is 45.9 Å². The van der Waals surface area contributed by atoms with Gasteiger partial charge in [-0.1, -0.05) is 0 Å². The Morgan fingerprint density at radius 2 is 1.62 bits per heavy atom. The Bertz CT molecular complexity index is 353. The van der Waals surface area contributed by atoms with Crippen molar-refractivity contribution in [1.82, 2.24) is 9.80 Å². The number of hydrogen-bond donors (Lipinski definition) is 0. The molecule has 8 heteroatoms. The van der Waals surface area contributed by atoms with Crippen molar-refractivity contribution in [2.24, 2.45) is 0 Å². The number of carbonyl (C=O) groups excluding carboxylic acids is 2. The summed E-state index contributed by atoms with van der Waals surface area (Å²) < 4.78 is 41.4. The van der Waals surface area contributed by atoms with Crippen LogP contribution in [0.5, 0.6) is 0 Å². The molecule has 122 valence electrons. The molecule has 1 saturated heterocycles. The zero-order valence-corrected chi connectivity index (χ0v) is 12.1. The number of piperazine rings is 1. The van der Waals surface area contributed by atoms with Gasteiger partial charge in [-0.15, -0.1) is 0 Å². The number of Topliss-reactive ketones (excluding diaryl/α,β-unsaturated/α-hetero) is 1.